The highest BCUT2D eigenvalue weighted by molar-refractivity contribution is 5.94. The van der Waals surface area contributed by atoms with E-state index in [9.17, 15) is 9.90 Å². The summed E-state index contributed by atoms with van der Waals surface area (Å²) in [6, 6.07) is 16.6. The van der Waals surface area contributed by atoms with Crippen LogP contribution in [0.4, 0.5) is 0 Å². The van der Waals surface area contributed by atoms with Crippen molar-refractivity contribution in [3.63, 3.8) is 0 Å². The first-order valence-corrected chi connectivity index (χ1v) is 8.40. The molecule has 1 aliphatic heterocycles. The molecule has 0 atom stereocenters. The van der Waals surface area contributed by atoms with Crippen LogP contribution in [0.2, 0.25) is 0 Å². The Kier molecular flexibility index (Phi) is 4.63. The molecule has 0 radical (unpaired) electrons. The third-order valence-corrected chi connectivity index (χ3v) is 4.06. The lowest BCUT2D eigenvalue weighted by Crippen LogP contribution is -2.03. The van der Waals surface area contributed by atoms with Gasteiger partial charge in [0.05, 0.1) is 7.11 Å². The topological polar surface area (TPSA) is 83.5 Å². The molecule has 0 fully saturated rings. The van der Waals surface area contributed by atoms with Gasteiger partial charge in [-0.2, -0.15) is 0 Å². The summed E-state index contributed by atoms with van der Waals surface area (Å²) in [6.07, 6.45) is 0. The van der Waals surface area contributed by atoms with Gasteiger partial charge in [-0.3, -0.25) is 0 Å². The molecule has 1 heterocycles. The van der Waals surface area contributed by atoms with E-state index < -0.39 is 5.97 Å². The van der Waals surface area contributed by atoms with Gasteiger partial charge in [-0.05, 0) is 48.5 Å². The molecular weight excluding hydrogens is 364 g/mol. The summed E-state index contributed by atoms with van der Waals surface area (Å²) in [5.41, 5.74) is -0.0871. The number of hydrogen-bond donors (Lipinski definition) is 1. The third-order valence-electron chi connectivity index (χ3n) is 4.06. The summed E-state index contributed by atoms with van der Waals surface area (Å²) in [7, 11) is 1.56. The van der Waals surface area contributed by atoms with Gasteiger partial charge in [-0.25, -0.2) is 4.79 Å². The van der Waals surface area contributed by atoms with Crippen molar-refractivity contribution >= 4 is 5.97 Å². The highest BCUT2D eigenvalue weighted by Gasteiger charge is 2.21. The van der Waals surface area contributed by atoms with Crippen LogP contribution in [0, 0.1) is 0 Å². The van der Waals surface area contributed by atoms with Crippen molar-refractivity contribution in [1.29, 1.82) is 0 Å². The molecule has 0 aromatic heterocycles. The van der Waals surface area contributed by atoms with Gasteiger partial charge in [-0.1, -0.05) is 6.07 Å². The molecule has 1 aliphatic rings. The van der Waals surface area contributed by atoms with Gasteiger partial charge in [0.1, 0.15) is 34.3 Å². The molecule has 1 N–H and O–H groups in total. The second-order valence-electron chi connectivity index (χ2n) is 5.83. The lowest BCUT2D eigenvalue weighted by Gasteiger charge is -2.14. The average molecular weight is 380 g/mol. The molecule has 3 aromatic carbocycles. The minimum atomic E-state index is -1.17. The second-order valence-corrected chi connectivity index (χ2v) is 5.83. The van der Waals surface area contributed by atoms with Crippen molar-refractivity contribution in [1.82, 2.24) is 0 Å². The average Bonchev–Trinajstić information content (AvgIpc) is 3.16. The summed E-state index contributed by atoms with van der Waals surface area (Å²) >= 11 is 0. The zero-order chi connectivity index (χ0) is 19.5. The fraction of sp³-hybridized carbons (Fsp3) is 0.0952. The minimum absolute atomic E-state index is 0.0871. The number of rotatable bonds is 6. The van der Waals surface area contributed by atoms with Gasteiger partial charge in [-0.15, -0.1) is 0 Å². The number of benzene rings is 3. The van der Waals surface area contributed by atoms with Crippen molar-refractivity contribution in [3.8, 4) is 40.2 Å². The predicted octanol–water partition coefficient (Wildman–Crippen LogP) is 4.71. The van der Waals surface area contributed by atoms with Crippen molar-refractivity contribution in [3.05, 3.63) is 66.2 Å². The van der Waals surface area contributed by atoms with Gasteiger partial charge in [0.25, 0.3) is 0 Å². The van der Waals surface area contributed by atoms with E-state index >= 15 is 0 Å². The van der Waals surface area contributed by atoms with Gasteiger partial charge >= 0.3 is 5.97 Å². The molecule has 7 nitrogen and oxygen atoms in total. The first kappa shape index (κ1) is 17.5. The van der Waals surface area contributed by atoms with Crippen LogP contribution in [0.15, 0.2) is 60.7 Å². The van der Waals surface area contributed by atoms with Crippen molar-refractivity contribution in [2.24, 2.45) is 0 Å². The highest BCUT2D eigenvalue weighted by Crippen LogP contribution is 2.39. The number of carboxylic acids is 1. The largest absolute Gasteiger partial charge is 0.497 e. The quantitative estimate of drug-likeness (QED) is 0.663. The molecule has 0 unspecified atom stereocenters. The molecule has 0 aliphatic carbocycles. The lowest BCUT2D eigenvalue weighted by atomic mass is 10.1. The Hall–Kier alpha value is -3.87. The van der Waals surface area contributed by atoms with Crippen molar-refractivity contribution < 1.29 is 33.6 Å². The van der Waals surface area contributed by atoms with E-state index in [1.54, 1.807) is 67.8 Å². The number of fused-ring (bicyclic) bond motifs is 1. The smallest absolute Gasteiger partial charge is 0.343 e. The number of carbonyl (C=O) groups is 1. The first-order valence-electron chi connectivity index (χ1n) is 8.40. The Morgan fingerprint density at radius 3 is 2.14 bits per heavy atom. The first-order chi connectivity index (χ1) is 13.6. The maximum absolute atomic E-state index is 11.9. The van der Waals surface area contributed by atoms with Gasteiger partial charge in [0.2, 0.25) is 6.79 Å². The Bertz CT molecular complexity index is 1010. The van der Waals surface area contributed by atoms with Crippen LogP contribution in [-0.2, 0) is 0 Å². The van der Waals surface area contributed by atoms with E-state index in [4.69, 9.17) is 23.7 Å². The Morgan fingerprint density at radius 2 is 1.46 bits per heavy atom. The Balaban J connectivity index is 1.64. The lowest BCUT2D eigenvalue weighted by molar-refractivity contribution is 0.0691. The van der Waals surface area contributed by atoms with Crippen molar-refractivity contribution in [2.75, 3.05) is 13.9 Å². The van der Waals surface area contributed by atoms with Crippen LogP contribution in [0.1, 0.15) is 10.4 Å². The Morgan fingerprint density at radius 1 is 0.857 bits per heavy atom. The van der Waals surface area contributed by atoms with Crippen LogP contribution >= 0.6 is 0 Å². The number of aromatic carboxylic acids is 1. The van der Waals surface area contributed by atoms with E-state index in [-0.39, 0.29) is 23.9 Å². The zero-order valence-electron chi connectivity index (χ0n) is 14.9. The summed E-state index contributed by atoms with van der Waals surface area (Å²) in [5, 5.41) is 9.71. The fourth-order valence-corrected chi connectivity index (χ4v) is 2.73. The number of hydrogen-bond acceptors (Lipinski definition) is 6. The summed E-state index contributed by atoms with van der Waals surface area (Å²) in [5.74, 6) is 1.87. The normalized spacial score (nSPS) is 11.8. The van der Waals surface area contributed by atoms with Crippen LogP contribution in [-0.4, -0.2) is 25.0 Å². The van der Waals surface area contributed by atoms with Crippen molar-refractivity contribution in [2.45, 2.75) is 0 Å². The molecule has 0 spiro atoms. The molecule has 3 aromatic rings. The SMILES string of the molecule is COc1ccc(Oc2cccc(Oc3ccc4c(c3)OCO4)c2C(=O)O)cc1. The maximum atomic E-state index is 11.9. The summed E-state index contributed by atoms with van der Waals surface area (Å²) in [6.45, 7) is 0.143. The standard InChI is InChI=1S/C21H16O7/c1-24-13-5-7-14(8-6-13)27-17-3-2-4-18(20(17)21(22)23)28-15-9-10-16-19(11-15)26-12-25-16/h2-11H,12H2,1H3,(H,22,23). The molecule has 28 heavy (non-hydrogen) atoms. The van der Waals surface area contributed by atoms with E-state index in [2.05, 4.69) is 0 Å². The summed E-state index contributed by atoms with van der Waals surface area (Å²) in [4.78, 5) is 11.9. The monoisotopic (exact) mass is 380 g/mol. The molecule has 0 saturated carbocycles. The van der Waals surface area contributed by atoms with Gasteiger partial charge in [0, 0.05) is 6.07 Å². The zero-order valence-corrected chi connectivity index (χ0v) is 14.9. The van der Waals surface area contributed by atoms with E-state index in [1.807, 2.05) is 0 Å². The van der Waals surface area contributed by atoms with E-state index in [0.717, 1.165) is 0 Å². The van der Waals surface area contributed by atoms with Crippen LogP contribution in [0.3, 0.4) is 0 Å². The van der Waals surface area contributed by atoms with E-state index in [1.165, 1.54) is 0 Å². The van der Waals surface area contributed by atoms with Gasteiger partial charge in [0.15, 0.2) is 11.5 Å². The van der Waals surface area contributed by atoms with Gasteiger partial charge < -0.3 is 28.8 Å². The van der Waals surface area contributed by atoms with Crippen LogP contribution in [0.5, 0.6) is 40.2 Å². The minimum Gasteiger partial charge on any atom is -0.497 e. The molecule has 4 rings (SSSR count). The maximum Gasteiger partial charge on any atom is 0.343 e. The highest BCUT2D eigenvalue weighted by atomic mass is 16.7. The molecule has 0 bridgehead atoms. The molecule has 7 heteroatoms. The van der Waals surface area contributed by atoms with Crippen LogP contribution < -0.4 is 23.7 Å². The summed E-state index contributed by atoms with van der Waals surface area (Å²) < 4.78 is 27.3. The number of ether oxygens (including phenoxy) is 5. The fourth-order valence-electron chi connectivity index (χ4n) is 2.73. The van der Waals surface area contributed by atoms with E-state index in [0.29, 0.717) is 28.7 Å². The predicted molar refractivity (Wildman–Crippen MR) is 99.1 cm³/mol. The number of methoxy groups -OCH3 is 1. The number of carboxylic acid groups (broad SMARTS) is 1. The second kappa shape index (κ2) is 7.40. The Labute approximate surface area is 160 Å². The molecule has 142 valence electrons. The molecule has 0 saturated heterocycles. The molecule has 0 amide bonds. The van der Waals surface area contributed by atoms with Crippen LogP contribution in [0.25, 0.3) is 0 Å². The molecular formula is C21H16O7. The third kappa shape index (κ3) is 3.50.